The van der Waals surface area contributed by atoms with Crippen LogP contribution in [0.15, 0.2) is 6.20 Å². The van der Waals surface area contributed by atoms with Crippen LogP contribution in [0.5, 0.6) is 5.75 Å². The van der Waals surface area contributed by atoms with Gasteiger partial charge < -0.3 is 10.5 Å². The molecule has 5 nitrogen and oxygen atoms in total. The molecule has 0 fully saturated rings. The molecule has 1 unspecified atom stereocenters. The number of Topliss-reactive ketones (excluding diaryl/α,β-unsaturated/α-hetero) is 1. The fourth-order valence-corrected chi connectivity index (χ4v) is 1.49. The van der Waals surface area contributed by atoms with Gasteiger partial charge in [0.1, 0.15) is 5.69 Å². The Bertz CT molecular complexity index is 360. The Morgan fingerprint density at radius 1 is 1.69 bits per heavy atom. The van der Waals surface area contributed by atoms with Crippen molar-refractivity contribution < 1.29 is 9.53 Å². The maximum absolute atomic E-state index is 12.1. The lowest BCUT2D eigenvalue weighted by Gasteiger charge is -2.11. The first-order valence-corrected chi connectivity index (χ1v) is 5.49. The van der Waals surface area contributed by atoms with E-state index in [1.165, 1.54) is 7.11 Å². The molecule has 5 heteroatoms. The molecule has 1 aromatic heterocycles. The van der Waals surface area contributed by atoms with Gasteiger partial charge in [0, 0.05) is 19.0 Å². The second-order valence-corrected chi connectivity index (χ2v) is 3.79. The number of carbonyl (C=O) groups excluding carboxylic acids is 1. The van der Waals surface area contributed by atoms with Gasteiger partial charge in [-0.25, -0.2) is 0 Å². The number of carbonyl (C=O) groups is 1. The zero-order valence-corrected chi connectivity index (χ0v) is 10.1. The number of hydrogen-bond acceptors (Lipinski definition) is 4. The van der Waals surface area contributed by atoms with E-state index in [0.717, 1.165) is 6.42 Å². The molecule has 0 radical (unpaired) electrons. The summed E-state index contributed by atoms with van der Waals surface area (Å²) in [7, 11) is 1.54. The number of methoxy groups -OCH3 is 1. The molecule has 1 rings (SSSR count). The molecule has 0 aliphatic heterocycles. The van der Waals surface area contributed by atoms with E-state index in [1.54, 1.807) is 10.9 Å². The fourth-order valence-electron chi connectivity index (χ4n) is 1.49. The second kappa shape index (κ2) is 5.65. The number of nitrogens with zero attached hydrogens (tertiary/aromatic N) is 2. The van der Waals surface area contributed by atoms with E-state index in [2.05, 4.69) is 5.10 Å². The highest BCUT2D eigenvalue weighted by molar-refractivity contribution is 5.98. The van der Waals surface area contributed by atoms with Gasteiger partial charge in [0.05, 0.1) is 13.3 Å². The average Bonchev–Trinajstić information content (AvgIpc) is 2.70. The average molecular weight is 225 g/mol. The first-order chi connectivity index (χ1) is 7.65. The summed E-state index contributed by atoms with van der Waals surface area (Å²) in [5.41, 5.74) is 6.03. The number of rotatable bonds is 6. The predicted molar refractivity (Wildman–Crippen MR) is 61.6 cm³/mol. The van der Waals surface area contributed by atoms with Crippen LogP contribution in [0.25, 0.3) is 0 Å². The van der Waals surface area contributed by atoms with E-state index in [0.29, 0.717) is 24.5 Å². The quantitative estimate of drug-likeness (QED) is 0.735. The van der Waals surface area contributed by atoms with Gasteiger partial charge in [-0.15, -0.1) is 0 Å². The highest BCUT2D eigenvalue weighted by Crippen LogP contribution is 2.21. The lowest BCUT2D eigenvalue weighted by Crippen LogP contribution is -2.24. The first kappa shape index (κ1) is 12.7. The van der Waals surface area contributed by atoms with E-state index in [9.17, 15) is 4.79 Å². The van der Waals surface area contributed by atoms with E-state index in [-0.39, 0.29) is 11.7 Å². The molecule has 0 saturated heterocycles. The van der Waals surface area contributed by atoms with Crippen LogP contribution in [0.3, 0.4) is 0 Å². The molecule has 0 spiro atoms. The van der Waals surface area contributed by atoms with Gasteiger partial charge >= 0.3 is 0 Å². The third-order valence-electron chi connectivity index (χ3n) is 2.50. The van der Waals surface area contributed by atoms with Crippen molar-refractivity contribution in [3.63, 3.8) is 0 Å². The molecule has 2 N–H and O–H groups in total. The molecule has 1 atom stereocenters. The van der Waals surface area contributed by atoms with Crippen molar-refractivity contribution in [2.24, 2.45) is 11.7 Å². The minimum atomic E-state index is -0.207. The van der Waals surface area contributed by atoms with Gasteiger partial charge in [-0.3, -0.25) is 9.48 Å². The van der Waals surface area contributed by atoms with Crippen LogP contribution in [0.1, 0.15) is 30.8 Å². The van der Waals surface area contributed by atoms with Crippen LogP contribution in [-0.2, 0) is 6.54 Å². The molecule has 16 heavy (non-hydrogen) atoms. The SMILES string of the molecule is CCCn1ncc(OC)c1C(=O)C(C)CN. The Labute approximate surface area is 95.6 Å². The van der Waals surface area contributed by atoms with Crippen molar-refractivity contribution in [3.05, 3.63) is 11.9 Å². The van der Waals surface area contributed by atoms with E-state index in [1.807, 2.05) is 13.8 Å². The minimum absolute atomic E-state index is 0.00898. The molecular formula is C11H19N3O2. The maximum Gasteiger partial charge on any atom is 0.188 e. The van der Waals surface area contributed by atoms with Crippen LogP contribution in [0.4, 0.5) is 0 Å². The van der Waals surface area contributed by atoms with Gasteiger partial charge in [-0.05, 0) is 6.42 Å². The second-order valence-electron chi connectivity index (χ2n) is 3.79. The maximum atomic E-state index is 12.1. The summed E-state index contributed by atoms with van der Waals surface area (Å²) < 4.78 is 6.83. The normalized spacial score (nSPS) is 12.5. The van der Waals surface area contributed by atoms with Gasteiger partial charge in [-0.1, -0.05) is 13.8 Å². The molecule has 1 heterocycles. The van der Waals surface area contributed by atoms with Crippen molar-refractivity contribution in [1.82, 2.24) is 9.78 Å². The molecule has 0 aliphatic rings. The third-order valence-corrected chi connectivity index (χ3v) is 2.50. The van der Waals surface area contributed by atoms with Gasteiger partial charge in [-0.2, -0.15) is 5.10 Å². The van der Waals surface area contributed by atoms with Crippen LogP contribution in [-0.4, -0.2) is 29.2 Å². The fraction of sp³-hybridized carbons (Fsp3) is 0.636. The van der Waals surface area contributed by atoms with Gasteiger partial charge in [0.2, 0.25) is 0 Å². The van der Waals surface area contributed by atoms with E-state index in [4.69, 9.17) is 10.5 Å². The minimum Gasteiger partial charge on any atom is -0.493 e. The number of ketones is 1. The molecule has 90 valence electrons. The monoisotopic (exact) mass is 225 g/mol. The van der Waals surface area contributed by atoms with Crippen LogP contribution < -0.4 is 10.5 Å². The predicted octanol–water partition coefficient (Wildman–Crippen LogP) is 1.08. The molecule has 0 aromatic carbocycles. The van der Waals surface area contributed by atoms with E-state index < -0.39 is 0 Å². The molecular weight excluding hydrogens is 206 g/mol. The van der Waals surface area contributed by atoms with Crippen molar-refractivity contribution in [2.75, 3.05) is 13.7 Å². The topological polar surface area (TPSA) is 70.1 Å². The van der Waals surface area contributed by atoms with Crippen LogP contribution in [0.2, 0.25) is 0 Å². The summed E-state index contributed by atoms with van der Waals surface area (Å²) in [5.74, 6) is 0.310. The summed E-state index contributed by atoms with van der Waals surface area (Å²) in [6.07, 6.45) is 2.49. The van der Waals surface area contributed by atoms with Gasteiger partial charge in [0.25, 0.3) is 0 Å². The van der Waals surface area contributed by atoms with Crippen molar-refractivity contribution in [2.45, 2.75) is 26.8 Å². The van der Waals surface area contributed by atoms with Crippen molar-refractivity contribution in [3.8, 4) is 5.75 Å². The van der Waals surface area contributed by atoms with Gasteiger partial charge in [0.15, 0.2) is 11.5 Å². The highest BCUT2D eigenvalue weighted by atomic mass is 16.5. The number of hydrogen-bond donors (Lipinski definition) is 1. The molecule has 0 amide bonds. The Morgan fingerprint density at radius 2 is 2.38 bits per heavy atom. The molecule has 1 aromatic rings. The summed E-state index contributed by atoms with van der Waals surface area (Å²) in [6, 6.07) is 0. The lowest BCUT2D eigenvalue weighted by atomic mass is 10.0. The smallest absolute Gasteiger partial charge is 0.188 e. The third kappa shape index (κ3) is 2.41. The number of nitrogens with two attached hydrogens (primary N) is 1. The summed E-state index contributed by atoms with van der Waals surface area (Å²) in [6.45, 7) is 4.89. The Hall–Kier alpha value is -1.36. The summed E-state index contributed by atoms with van der Waals surface area (Å²) in [4.78, 5) is 12.1. The lowest BCUT2D eigenvalue weighted by molar-refractivity contribution is 0.0919. The highest BCUT2D eigenvalue weighted by Gasteiger charge is 2.23. The summed E-state index contributed by atoms with van der Waals surface area (Å²) >= 11 is 0. The largest absolute Gasteiger partial charge is 0.493 e. The number of ether oxygens (including phenoxy) is 1. The van der Waals surface area contributed by atoms with Crippen molar-refractivity contribution in [1.29, 1.82) is 0 Å². The van der Waals surface area contributed by atoms with Crippen LogP contribution in [0, 0.1) is 5.92 Å². The number of aryl methyl sites for hydroxylation is 1. The Kier molecular flexibility index (Phi) is 4.49. The Morgan fingerprint density at radius 3 is 2.88 bits per heavy atom. The molecule has 0 aliphatic carbocycles. The zero-order chi connectivity index (χ0) is 12.1. The number of aromatic nitrogens is 2. The first-order valence-electron chi connectivity index (χ1n) is 5.49. The van der Waals surface area contributed by atoms with Crippen molar-refractivity contribution >= 4 is 5.78 Å². The van der Waals surface area contributed by atoms with E-state index >= 15 is 0 Å². The Balaban J connectivity index is 3.07. The van der Waals surface area contributed by atoms with Crippen LogP contribution >= 0.6 is 0 Å². The zero-order valence-electron chi connectivity index (χ0n) is 10.1. The standard InChI is InChI=1S/C11H19N3O2/c1-4-5-14-10(9(16-3)7-13-14)11(15)8(2)6-12/h7-8H,4-6,12H2,1-3H3. The molecule has 0 saturated carbocycles. The molecule has 0 bridgehead atoms. The summed E-state index contributed by atoms with van der Waals surface area (Å²) in [5, 5.41) is 4.14.